The van der Waals surface area contributed by atoms with Gasteiger partial charge in [-0.1, -0.05) is 97.1 Å². The first-order chi connectivity index (χ1) is 18.6. The fourth-order valence-electron chi connectivity index (χ4n) is 7.32. The van der Waals surface area contributed by atoms with Crippen LogP contribution in [0.3, 0.4) is 0 Å². The second kappa shape index (κ2) is 9.29. The lowest BCUT2D eigenvalue weighted by Crippen LogP contribution is -2.49. The van der Waals surface area contributed by atoms with Crippen LogP contribution in [0, 0.1) is 0 Å². The highest BCUT2D eigenvalue weighted by atomic mass is 16.5. The maximum Gasteiger partial charge on any atom is 0.305 e. The molecule has 4 aromatic rings. The molecule has 0 saturated carbocycles. The lowest BCUT2D eigenvalue weighted by atomic mass is 9.51. The zero-order valence-corrected chi connectivity index (χ0v) is 21.7. The van der Waals surface area contributed by atoms with Crippen molar-refractivity contribution in [2.75, 3.05) is 14.2 Å². The van der Waals surface area contributed by atoms with Crippen LogP contribution in [0.4, 0.5) is 0 Å². The predicted molar refractivity (Wildman–Crippen MR) is 148 cm³/mol. The van der Waals surface area contributed by atoms with E-state index in [2.05, 4.69) is 97.1 Å². The van der Waals surface area contributed by atoms with Gasteiger partial charge in [0.1, 0.15) is 0 Å². The van der Waals surface area contributed by atoms with E-state index < -0.39 is 10.8 Å². The highest BCUT2D eigenvalue weighted by Gasteiger charge is 2.61. The van der Waals surface area contributed by atoms with Gasteiger partial charge in [0.2, 0.25) is 0 Å². The summed E-state index contributed by atoms with van der Waals surface area (Å²) in [5.74, 6) is -0.483. The molecule has 0 bridgehead atoms. The number of hydrogen-bond acceptors (Lipinski definition) is 4. The Balaban J connectivity index is 1.76. The second-order valence-electron chi connectivity index (χ2n) is 10.1. The van der Waals surface area contributed by atoms with Crippen molar-refractivity contribution in [1.29, 1.82) is 0 Å². The maximum atomic E-state index is 12.8. The van der Waals surface area contributed by atoms with Gasteiger partial charge < -0.3 is 9.47 Å². The van der Waals surface area contributed by atoms with Gasteiger partial charge in [-0.3, -0.25) is 9.59 Å². The van der Waals surface area contributed by atoms with Crippen LogP contribution in [-0.2, 0) is 29.9 Å². The van der Waals surface area contributed by atoms with Gasteiger partial charge >= 0.3 is 11.9 Å². The standard InChI is InChI=1S/C34H30O4/c1-37-31(35)19-21-33(27-15-7-3-11-23(27)24-12-4-8-16-28(24)33)34(22-20-32(36)38-2)29-17-9-5-13-25(29)26-14-6-10-18-30(26)34/h3-18H,19-22H2,1-2H3. The smallest absolute Gasteiger partial charge is 0.305 e. The van der Waals surface area contributed by atoms with Crippen LogP contribution in [-0.4, -0.2) is 26.2 Å². The number of hydrogen-bond donors (Lipinski definition) is 0. The highest BCUT2D eigenvalue weighted by molar-refractivity contribution is 5.89. The number of esters is 2. The molecule has 190 valence electrons. The predicted octanol–water partition coefficient (Wildman–Crippen LogP) is 6.83. The largest absolute Gasteiger partial charge is 0.469 e. The van der Waals surface area contributed by atoms with E-state index in [0.29, 0.717) is 12.8 Å². The van der Waals surface area contributed by atoms with Crippen molar-refractivity contribution < 1.29 is 19.1 Å². The first-order valence-corrected chi connectivity index (χ1v) is 13.1. The minimum Gasteiger partial charge on any atom is -0.469 e. The molecule has 0 radical (unpaired) electrons. The van der Waals surface area contributed by atoms with Crippen molar-refractivity contribution in [2.45, 2.75) is 36.5 Å². The molecule has 6 rings (SSSR count). The summed E-state index contributed by atoms with van der Waals surface area (Å²) in [6, 6.07) is 34.1. The summed E-state index contributed by atoms with van der Waals surface area (Å²) in [6.45, 7) is 0. The van der Waals surface area contributed by atoms with Crippen LogP contribution in [0.15, 0.2) is 97.1 Å². The third kappa shape index (κ3) is 3.22. The Labute approximate surface area is 223 Å². The average molecular weight is 503 g/mol. The van der Waals surface area contributed by atoms with E-state index in [1.165, 1.54) is 58.7 Å². The third-order valence-electron chi connectivity index (χ3n) is 8.72. The number of fused-ring (bicyclic) bond motifs is 6. The Morgan fingerprint density at radius 2 is 0.763 bits per heavy atom. The average Bonchev–Trinajstić information content (AvgIpc) is 3.43. The van der Waals surface area contributed by atoms with Gasteiger partial charge in [-0.2, -0.15) is 0 Å². The Morgan fingerprint density at radius 3 is 1.03 bits per heavy atom. The highest BCUT2D eigenvalue weighted by Crippen LogP contribution is 2.68. The summed E-state index contributed by atoms with van der Waals surface area (Å²) >= 11 is 0. The molecule has 0 saturated heterocycles. The van der Waals surface area contributed by atoms with E-state index in [9.17, 15) is 9.59 Å². The van der Waals surface area contributed by atoms with Gasteiger partial charge in [0.05, 0.1) is 14.2 Å². The molecule has 0 atom stereocenters. The molecule has 0 heterocycles. The van der Waals surface area contributed by atoms with Crippen molar-refractivity contribution in [2.24, 2.45) is 0 Å². The van der Waals surface area contributed by atoms with Gasteiger partial charge in [-0.15, -0.1) is 0 Å². The number of carbonyl (C=O) groups excluding carboxylic acids is 2. The first kappa shape index (κ1) is 24.2. The van der Waals surface area contributed by atoms with Gasteiger partial charge in [0.25, 0.3) is 0 Å². The summed E-state index contributed by atoms with van der Waals surface area (Å²) in [4.78, 5) is 25.5. The molecule has 4 heteroatoms. The molecule has 2 aliphatic carbocycles. The van der Waals surface area contributed by atoms with Crippen molar-refractivity contribution in [3.8, 4) is 22.3 Å². The molecule has 0 amide bonds. The number of benzene rings is 4. The normalized spacial score (nSPS) is 15.1. The molecular formula is C34H30O4. The topological polar surface area (TPSA) is 52.6 Å². The zero-order valence-electron chi connectivity index (χ0n) is 21.7. The summed E-state index contributed by atoms with van der Waals surface area (Å²) in [7, 11) is 2.89. The molecule has 2 aliphatic rings. The molecule has 0 fully saturated rings. The fourth-order valence-corrected chi connectivity index (χ4v) is 7.32. The number of methoxy groups -OCH3 is 2. The van der Waals surface area contributed by atoms with Crippen LogP contribution < -0.4 is 0 Å². The molecule has 0 aliphatic heterocycles. The summed E-state index contributed by atoms with van der Waals surface area (Å²) in [6.07, 6.45) is 1.59. The molecule has 4 aromatic carbocycles. The van der Waals surface area contributed by atoms with Crippen LogP contribution in [0.1, 0.15) is 47.9 Å². The van der Waals surface area contributed by atoms with Crippen molar-refractivity contribution >= 4 is 11.9 Å². The molecule has 38 heavy (non-hydrogen) atoms. The van der Waals surface area contributed by atoms with Gasteiger partial charge in [0, 0.05) is 23.7 Å². The molecule has 4 nitrogen and oxygen atoms in total. The van der Waals surface area contributed by atoms with E-state index in [0.717, 1.165) is 0 Å². The van der Waals surface area contributed by atoms with Crippen LogP contribution in [0.25, 0.3) is 22.3 Å². The molecule has 0 N–H and O–H groups in total. The monoisotopic (exact) mass is 502 g/mol. The second-order valence-corrected chi connectivity index (χ2v) is 10.1. The minimum atomic E-state index is -0.620. The Bertz CT molecular complexity index is 1340. The summed E-state index contributed by atoms with van der Waals surface area (Å²) in [5.41, 5.74) is 8.18. The van der Waals surface area contributed by atoms with Crippen LogP contribution in [0.2, 0.25) is 0 Å². The zero-order chi connectivity index (χ0) is 26.3. The lowest BCUT2D eigenvalue weighted by molar-refractivity contribution is -0.142. The maximum absolute atomic E-state index is 12.8. The number of ether oxygens (including phenoxy) is 2. The number of rotatable bonds is 7. The van der Waals surface area contributed by atoms with Gasteiger partial charge in [-0.25, -0.2) is 0 Å². The van der Waals surface area contributed by atoms with Crippen molar-refractivity contribution in [1.82, 2.24) is 0 Å². The van der Waals surface area contributed by atoms with Crippen molar-refractivity contribution in [3.63, 3.8) is 0 Å². The summed E-state index contributed by atoms with van der Waals surface area (Å²) < 4.78 is 10.3. The molecule has 0 unspecified atom stereocenters. The lowest BCUT2D eigenvalue weighted by Gasteiger charge is -2.50. The van der Waals surface area contributed by atoms with Crippen molar-refractivity contribution in [3.05, 3.63) is 119 Å². The Morgan fingerprint density at radius 1 is 0.500 bits per heavy atom. The Hall–Kier alpha value is -4.18. The minimum absolute atomic E-state index is 0.242. The van der Waals surface area contributed by atoms with E-state index in [4.69, 9.17) is 9.47 Å². The quantitative estimate of drug-likeness (QED) is 0.260. The SMILES string of the molecule is COC(=O)CCC1(C2(CCC(=O)OC)c3ccccc3-c3ccccc32)c2ccccc2-c2ccccc21. The van der Waals surface area contributed by atoms with Gasteiger partial charge in [-0.05, 0) is 57.3 Å². The van der Waals surface area contributed by atoms with E-state index in [-0.39, 0.29) is 24.8 Å². The fraction of sp³-hybridized carbons (Fsp3) is 0.235. The van der Waals surface area contributed by atoms with E-state index in [1.54, 1.807) is 0 Å². The van der Waals surface area contributed by atoms with Crippen LogP contribution in [0.5, 0.6) is 0 Å². The Kier molecular flexibility index (Phi) is 5.91. The van der Waals surface area contributed by atoms with E-state index >= 15 is 0 Å². The molecule has 0 spiro atoms. The summed E-state index contributed by atoms with van der Waals surface area (Å²) in [5, 5.41) is 0. The van der Waals surface area contributed by atoms with Crippen LogP contribution >= 0.6 is 0 Å². The van der Waals surface area contributed by atoms with E-state index in [1.807, 2.05) is 0 Å². The molecule has 0 aromatic heterocycles. The third-order valence-corrected chi connectivity index (χ3v) is 8.72. The van der Waals surface area contributed by atoms with Gasteiger partial charge in [0.15, 0.2) is 0 Å². The number of carbonyl (C=O) groups is 2. The first-order valence-electron chi connectivity index (χ1n) is 13.1. The molecular weight excluding hydrogens is 472 g/mol.